The first-order chi connectivity index (χ1) is 7.81. The van der Waals surface area contributed by atoms with Crippen molar-refractivity contribution in [1.82, 2.24) is 15.1 Å². The standard InChI is InChI=1S/C12H23N3O/c1-2-14(10-11-4-3-5-11)12(16)15-8-6-13-7-9-15/h11,13H,2-10H2,1H3. The van der Waals surface area contributed by atoms with Crippen LogP contribution in [0.3, 0.4) is 0 Å². The monoisotopic (exact) mass is 225 g/mol. The number of amides is 2. The predicted octanol–water partition coefficient (Wildman–Crippen LogP) is 1.13. The van der Waals surface area contributed by atoms with Gasteiger partial charge in [0.15, 0.2) is 0 Å². The van der Waals surface area contributed by atoms with Crippen LogP contribution in [-0.2, 0) is 0 Å². The molecule has 1 saturated carbocycles. The van der Waals surface area contributed by atoms with Crippen molar-refractivity contribution in [2.45, 2.75) is 26.2 Å². The van der Waals surface area contributed by atoms with Crippen LogP contribution in [0.4, 0.5) is 4.79 Å². The number of carbonyl (C=O) groups excluding carboxylic acids is 1. The lowest BCUT2D eigenvalue weighted by atomic mass is 9.85. The molecule has 0 aromatic heterocycles. The largest absolute Gasteiger partial charge is 0.325 e. The summed E-state index contributed by atoms with van der Waals surface area (Å²) in [5.41, 5.74) is 0. The van der Waals surface area contributed by atoms with Crippen molar-refractivity contribution in [3.8, 4) is 0 Å². The number of urea groups is 1. The third-order valence-corrected chi connectivity index (χ3v) is 3.74. The van der Waals surface area contributed by atoms with Crippen LogP contribution in [0.2, 0.25) is 0 Å². The summed E-state index contributed by atoms with van der Waals surface area (Å²) >= 11 is 0. The van der Waals surface area contributed by atoms with E-state index >= 15 is 0 Å². The number of nitrogens with zero attached hydrogens (tertiary/aromatic N) is 2. The third-order valence-electron chi connectivity index (χ3n) is 3.74. The molecule has 1 saturated heterocycles. The van der Waals surface area contributed by atoms with E-state index in [1.807, 2.05) is 9.80 Å². The van der Waals surface area contributed by atoms with E-state index in [1.165, 1.54) is 19.3 Å². The summed E-state index contributed by atoms with van der Waals surface area (Å²) in [7, 11) is 0. The average molecular weight is 225 g/mol. The second kappa shape index (κ2) is 5.53. The number of carbonyl (C=O) groups is 1. The Hall–Kier alpha value is -0.770. The van der Waals surface area contributed by atoms with Crippen LogP contribution in [0, 0.1) is 5.92 Å². The molecule has 0 unspecified atom stereocenters. The molecule has 2 amide bonds. The molecule has 16 heavy (non-hydrogen) atoms. The Morgan fingerprint density at radius 3 is 2.56 bits per heavy atom. The smallest absolute Gasteiger partial charge is 0.320 e. The molecule has 0 aromatic carbocycles. The Kier molecular flexibility index (Phi) is 4.04. The average Bonchev–Trinajstić information content (AvgIpc) is 2.28. The van der Waals surface area contributed by atoms with E-state index in [-0.39, 0.29) is 6.03 Å². The third kappa shape index (κ3) is 2.67. The van der Waals surface area contributed by atoms with Crippen molar-refractivity contribution in [3.05, 3.63) is 0 Å². The van der Waals surface area contributed by atoms with Crippen LogP contribution in [0.15, 0.2) is 0 Å². The summed E-state index contributed by atoms with van der Waals surface area (Å²) in [4.78, 5) is 16.2. The van der Waals surface area contributed by atoms with Crippen molar-refractivity contribution >= 4 is 6.03 Å². The number of piperazine rings is 1. The van der Waals surface area contributed by atoms with E-state index in [0.717, 1.165) is 45.2 Å². The molecular formula is C12H23N3O. The normalized spacial score (nSPS) is 21.7. The molecule has 2 aliphatic rings. The van der Waals surface area contributed by atoms with Crippen molar-refractivity contribution in [2.75, 3.05) is 39.3 Å². The van der Waals surface area contributed by atoms with Crippen LogP contribution >= 0.6 is 0 Å². The summed E-state index contributed by atoms with van der Waals surface area (Å²) in [5.74, 6) is 0.770. The van der Waals surface area contributed by atoms with E-state index in [9.17, 15) is 4.79 Å². The molecule has 2 rings (SSSR count). The molecule has 1 heterocycles. The van der Waals surface area contributed by atoms with E-state index in [0.29, 0.717) is 0 Å². The minimum absolute atomic E-state index is 0.246. The molecule has 1 N–H and O–H groups in total. The highest BCUT2D eigenvalue weighted by Crippen LogP contribution is 2.27. The van der Waals surface area contributed by atoms with Gasteiger partial charge >= 0.3 is 6.03 Å². The summed E-state index contributed by atoms with van der Waals surface area (Å²) in [6.07, 6.45) is 3.97. The van der Waals surface area contributed by atoms with Crippen LogP contribution < -0.4 is 5.32 Å². The lowest BCUT2D eigenvalue weighted by Crippen LogP contribution is -2.52. The van der Waals surface area contributed by atoms with Gasteiger partial charge in [0, 0.05) is 39.3 Å². The fourth-order valence-electron chi connectivity index (χ4n) is 2.39. The van der Waals surface area contributed by atoms with Gasteiger partial charge in [0.2, 0.25) is 0 Å². The summed E-state index contributed by atoms with van der Waals surface area (Å²) in [6, 6.07) is 0.246. The second-order valence-corrected chi connectivity index (χ2v) is 4.86. The number of nitrogens with one attached hydrogen (secondary N) is 1. The Balaban J connectivity index is 1.83. The molecule has 1 aliphatic carbocycles. The molecular weight excluding hydrogens is 202 g/mol. The lowest BCUT2D eigenvalue weighted by molar-refractivity contribution is 0.130. The zero-order valence-corrected chi connectivity index (χ0v) is 10.2. The zero-order valence-electron chi connectivity index (χ0n) is 10.2. The fraction of sp³-hybridized carbons (Fsp3) is 0.917. The molecule has 0 radical (unpaired) electrons. The second-order valence-electron chi connectivity index (χ2n) is 4.86. The molecule has 2 fully saturated rings. The van der Waals surface area contributed by atoms with Crippen molar-refractivity contribution in [2.24, 2.45) is 5.92 Å². The van der Waals surface area contributed by atoms with Gasteiger partial charge in [-0.05, 0) is 25.7 Å². The zero-order chi connectivity index (χ0) is 11.4. The summed E-state index contributed by atoms with van der Waals surface area (Å²) in [6.45, 7) is 7.50. The molecule has 0 atom stereocenters. The van der Waals surface area contributed by atoms with Crippen molar-refractivity contribution in [1.29, 1.82) is 0 Å². The van der Waals surface area contributed by atoms with E-state index in [4.69, 9.17) is 0 Å². The highest BCUT2D eigenvalue weighted by Gasteiger charge is 2.26. The van der Waals surface area contributed by atoms with Gasteiger partial charge in [0.05, 0.1) is 0 Å². The maximum Gasteiger partial charge on any atom is 0.320 e. The van der Waals surface area contributed by atoms with Gasteiger partial charge in [0.25, 0.3) is 0 Å². The first-order valence-electron chi connectivity index (χ1n) is 6.56. The van der Waals surface area contributed by atoms with Crippen LogP contribution in [0.5, 0.6) is 0 Å². The first kappa shape index (κ1) is 11.7. The van der Waals surface area contributed by atoms with Gasteiger partial charge in [-0.15, -0.1) is 0 Å². The Labute approximate surface area is 98.0 Å². The van der Waals surface area contributed by atoms with E-state index in [1.54, 1.807) is 0 Å². The molecule has 92 valence electrons. The minimum Gasteiger partial charge on any atom is -0.325 e. The lowest BCUT2D eigenvalue weighted by Gasteiger charge is -2.36. The Morgan fingerprint density at radius 1 is 1.38 bits per heavy atom. The van der Waals surface area contributed by atoms with Gasteiger partial charge in [-0.1, -0.05) is 6.42 Å². The number of hydrogen-bond acceptors (Lipinski definition) is 2. The molecule has 0 bridgehead atoms. The van der Waals surface area contributed by atoms with Crippen LogP contribution in [-0.4, -0.2) is 55.1 Å². The van der Waals surface area contributed by atoms with Gasteiger partial charge in [0.1, 0.15) is 0 Å². The molecule has 4 nitrogen and oxygen atoms in total. The maximum absolute atomic E-state index is 12.2. The molecule has 4 heteroatoms. The first-order valence-corrected chi connectivity index (χ1v) is 6.56. The predicted molar refractivity (Wildman–Crippen MR) is 64.4 cm³/mol. The topological polar surface area (TPSA) is 35.6 Å². The minimum atomic E-state index is 0.246. The van der Waals surface area contributed by atoms with Gasteiger partial charge in [-0.2, -0.15) is 0 Å². The van der Waals surface area contributed by atoms with Crippen LogP contribution in [0.1, 0.15) is 26.2 Å². The van der Waals surface area contributed by atoms with E-state index < -0.39 is 0 Å². The highest BCUT2D eigenvalue weighted by molar-refractivity contribution is 5.74. The highest BCUT2D eigenvalue weighted by atomic mass is 16.2. The molecule has 0 aromatic rings. The van der Waals surface area contributed by atoms with Crippen molar-refractivity contribution < 1.29 is 4.79 Å². The maximum atomic E-state index is 12.2. The molecule has 0 spiro atoms. The van der Waals surface area contributed by atoms with Crippen LogP contribution in [0.25, 0.3) is 0 Å². The number of hydrogen-bond donors (Lipinski definition) is 1. The Morgan fingerprint density at radius 2 is 2.06 bits per heavy atom. The fourth-order valence-corrected chi connectivity index (χ4v) is 2.39. The SMILES string of the molecule is CCN(CC1CCC1)C(=O)N1CCNCC1. The number of rotatable bonds is 3. The Bertz CT molecular complexity index is 234. The van der Waals surface area contributed by atoms with Gasteiger partial charge in [-0.3, -0.25) is 0 Å². The van der Waals surface area contributed by atoms with Gasteiger partial charge < -0.3 is 15.1 Å². The van der Waals surface area contributed by atoms with Gasteiger partial charge in [-0.25, -0.2) is 4.79 Å². The quantitative estimate of drug-likeness (QED) is 0.781. The summed E-state index contributed by atoms with van der Waals surface area (Å²) in [5, 5.41) is 3.28. The summed E-state index contributed by atoms with van der Waals surface area (Å²) < 4.78 is 0. The van der Waals surface area contributed by atoms with Crippen molar-refractivity contribution in [3.63, 3.8) is 0 Å². The van der Waals surface area contributed by atoms with E-state index in [2.05, 4.69) is 12.2 Å². The molecule has 1 aliphatic heterocycles.